The van der Waals surface area contributed by atoms with Gasteiger partial charge in [-0.1, -0.05) is 23.2 Å². The molecule has 3 heterocycles. The number of nitrogens with zero attached hydrogens (tertiary/aromatic N) is 3. The number of aromatic nitrogens is 2. The molecule has 0 spiro atoms. The van der Waals surface area contributed by atoms with Gasteiger partial charge in [-0.05, 0) is 69.9 Å². The van der Waals surface area contributed by atoms with Crippen LogP contribution in [-0.2, 0) is 15.9 Å². The third-order valence-electron chi connectivity index (χ3n) is 7.64. The number of halogens is 2. The molecule has 1 atom stereocenters. The van der Waals surface area contributed by atoms with Crippen LogP contribution in [0.25, 0.3) is 11.1 Å². The van der Waals surface area contributed by atoms with Gasteiger partial charge in [0.05, 0.1) is 35.0 Å². The molecule has 2 N–H and O–H groups in total. The Morgan fingerprint density at radius 3 is 2.59 bits per heavy atom. The predicted molar refractivity (Wildman–Crippen MR) is 148 cm³/mol. The zero-order chi connectivity index (χ0) is 26.3. The molecule has 0 unspecified atom stereocenters. The van der Waals surface area contributed by atoms with Crippen molar-refractivity contribution in [2.24, 2.45) is 11.3 Å². The van der Waals surface area contributed by atoms with Gasteiger partial charge in [0.1, 0.15) is 5.15 Å². The van der Waals surface area contributed by atoms with E-state index in [9.17, 15) is 5.26 Å². The summed E-state index contributed by atoms with van der Waals surface area (Å²) in [5.74, 6) is 0.598. The molecular weight excluding hydrogens is 509 g/mol. The lowest BCUT2D eigenvalue weighted by atomic mass is 9.81. The summed E-state index contributed by atoms with van der Waals surface area (Å²) in [5.41, 5.74) is 2.98. The average Bonchev–Trinajstić information content (AvgIpc) is 2.91. The van der Waals surface area contributed by atoms with E-state index in [0.717, 1.165) is 35.5 Å². The third-order valence-corrected chi connectivity index (χ3v) is 8.24. The summed E-state index contributed by atoms with van der Waals surface area (Å²) in [4.78, 5) is 9.03. The Kier molecular flexibility index (Phi) is 10.0. The van der Waals surface area contributed by atoms with E-state index in [2.05, 4.69) is 39.7 Å². The molecule has 0 amide bonds. The smallest absolute Gasteiger partial charge is 0.137 e. The molecule has 1 saturated heterocycles. The number of methoxy groups -OCH3 is 1. The van der Waals surface area contributed by atoms with Crippen LogP contribution in [0.2, 0.25) is 10.2 Å². The van der Waals surface area contributed by atoms with Gasteiger partial charge in [-0.2, -0.15) is 5.26 Å². The lowest BCUT2D eigenvalue weighted by Gasteiger charge is -2.31. The van der Waals surface area contributed by atoms with Crippen molar-refractivity contribution in [2.45, 2.75) is 64.0 Å². The first-order valence-electron chi connectivity index (χ1n) is 13.2. The number of nitriles is 1. The summed E-state index contributed by atoms with van der Waals surface area (Å²) in [7, 11) is 1.75. The molecule has 2 aromatic heterocycles. The Hall–Kier alpha value is -1.95. The number of hydrogen-bond donors (Lipinski definition) is 2. The molecule has 0 aromatic carbocycles. The standard InChI is InChI=1S/C28H37Cl2N5O2/c1-19(16-36-2)35-21-5-3-20(4-6-21)11-22-12-24(26(29)15-32-22)25-13-23(14-33-27(25)30)34-18-28(17-31)7-9-37-10-8-28/h12-15,19-21,34-35H,3-11,16,18H2,1-2H3/t19-,20?,21?/m0/s1. The van der Waals surface area contributed by atoms with Crippen LogP contribution in [-0.4, -0.2) is 55.5 Å². The van der Waals surface area contributed by atoms with Gasteiger partial charge < -0.3 is 20.1 Å². The monoisotopic (exact) mass is 545 g/mol. The van der Waals surface area contributed by atoms with E-state index in [1.54, 1.807) is 19.5 Å². The maximum Gasteiger partial charge on any atom is 0.137 e. The fourth-order valence-corrected chi connectivity index (χ4v) is 5.83. The molecule has 4 rings (SSSR count). The Morgan fingerprint density at radius 2 is 1.89 bits per heavy atom. The second-order valence-corrected chi connectivity index (χ2v) is 11.3. The average molecular weight is 547 g/mol. The largest absolute Gasteiger partial charge is 0.383 e. The third kappa shape index (κ3) is 7.55. The van der Waals surface area contributed by atoms with E-state index in [0.29, 0.717) is 60.8 Å². The Bertz CT molecular complexity index is 1080. The number of hydrogen-bond acceptors (Lipinski definition) is 7. The molecule has 2 aliphatic rings. The summed E-state index contributed by atoms with van der Waals surface area (Å²) < 4.78 is 10.7. The highest BCUT2D eigenvalue weighted by molar-refractivity contribution is 6.35. The van der Waals surface area contributed by atoms with Crippen LogP contribution in [0.1, 0.15) is 51.1 Å². The minimum absolute atomic E-state index is 0.373. The quantitative estimate of drug-likeness (QED) is 0.358. The first-order valence-corrected chi connectivity index (χ1v) is 13.9. The molecule has 7 nitrogen and oxygen atoms in total. The van der Waals surface area contributed by atoms with Crippen molar-refractivity contribution in [1.82, 2.24) is 15.3 Å². The maximum atomic E-state index is 9.76. The Labute approximate surface area is 230 Å². The lowest BCUT2D eigenvalue weighted by molar-refractivity contribution is 0.0456. The van der Waals surface area contributed by atoms with Crippen molar-refractivity contribution >= 4 is 28.9 Å². The summed E-state index contributed by atoms with van der Waals surface area (Å²) in [5, 5.41) is 17.8. The van der Waals surface area contributed by atoms with Gasteiger partial charge in [0.15, 0.2) is 0 Å². The first kappa shape index (κ1) is 28.1. The minimum atomic E-state index is -0.435. The van der Waals surface area contributed by atoms with Gasteiger partial charge in [-0.3, -0.25) is 4.98 Å². The summed E-state index contributed by atoms with van der Waals surface area (Å²) in [6, 6.07) is 7.43. The summed E-state index contributed by atoms with van der Waals surface area (Å²) >= 11 is 13.1. The molecule has 0 radical (unpaired) electrons. The Morgan fingerprint density at radius 1 is 1.14 bits per heavy atom. The molecule has 9 heteroatoms. The number of anilines is 1. The summed E-state index contributed by atoms with van der Waals surface area (Å²) in [6.07, 6.45) is 10.4. The van der Waals surface area contributed by atoms with Gasteiger partial charge in [0.25, 0.3) is 0 Å². The highest BCUT2D eigenvalue weighted by Crippen LogP contribution is 2.36. The van der Waals surface area contributed by atoms with Gasteiger partial charge in [-0.25, -0.2) is 4.98 Å². The maximum absolute atomic E-state index is 9.76. The normalized spacial score (nSPS) is 22.2. The van der Waals surface area contributed by atoms with Crippen LogP contribution in [0.3, 0.4) is 0 Å². The molecule has 1 aliphatic heterocycles. The molecule has 0 bridgehead atoms. The molecule has 2 aromatic rings. The van der Waals surface area contributed by atoms with Crippen molar-refractivity contribution in [2.75, 3.05) is 38.8 Å². The second-order valence-electron chi connectivity index (χ2n) is 10.5. The van der Waals surface area contributed by atoms with Gasteiger partial charge in [-0.15, -0.1) is 0 Å². The SMILES string of the molecule is COC[C@H](C)NC1CCC(Cc2cc(-c3cc(NCC4(C#N)CCOCC4)cnc3Cl)c(Cl)cn2)CC1. The van der Waals surface area contributed by atoms with Crippen molar-refractivity contribution in [1.29, 1.82) is 5.26 Å². The van der Waals surface area contributed by atoms with Crippen molar-refractivity contribution in [3.63, 3.8) is 0 Å². The molecule has 37 heavy (non-hydrogen) atoms. The number of pyridine rings is 2. The highest BCUT2D eigenvalue weighted by atomic mass is 35.5. The molecule has 1 saturated carbocycles. The van der Waals surface area contributed by atoms with E-state index in [1.807, 2.05) is 6.07 Å². The predicted octanol–water partition coefficient (Wildman–Crippen LogP) is 5.91. The zero-order valence-electron chi connectivity index (χ0n) is 21.7. The lowest BCUT2D eigenvalue weighted by Crippen LogP contribution is -2.41. The van der Waals surface area contributed by atoms with Crippen LogP contribution in [0.4, 0.5) is 5.69 Å². The van der Waals surface area contributed by atoms with E-state index in [-0.39, 0.29) is 0 Å². The van der Waals surface area contributed by atoms with Crippen LogP contribution in [0.15, 0.2) is 24.5 Å². The molecule has 2 fully saturated rings. The summed E-state index contributed by atoms with van der Waals surface area (Å²) in [6.45, 7) is 4.66. The van der Waals surface area contributed by atoms with E-state index < -0.39 is 5.41 Å². The highest BCUT2D eigenvalue weighted by Gasteiger charge is 2.32. The molecule has 1 aliphatic carbocycles. The fourth-order valence-electron chi connectivity index (χ4n) is 5.42. The number of rotatable bonds is 10. The van der Waals surface area contributed by atoms with E-state index in [4.69, 9.17) is 32.7 Å². The molecular formula is C28H37Cl2N5O2. The van der Waals surface area contributed by atoms with Crippen LogP contribution in [0, 0.1) is 22.7 Å². The topological polar surface area (TPSA) is 92.1 Å². The van der Waals surface area contributed by atoms with E-state index in [1.165, 1.54) is 25.7 Å². The van der Waals surface area contributed by atoms with Crippen LogP contribution < -0.4 is 10.6 Å². The van der Waals surface area contributed by atoms with Crippen LogP contribution >= 0.6 is 23.2 Å². The number of ether oxygens (including phenoxy) is 2. The van der Waals surface area contributed by atoms with Gasteiger partial charge in [0.2, 0.25) is 0 Å². The zero-order valence-corrected chi connectivity index (χ0v) is 23.2. The van der Waals surface area contributed by atoms with Crippen molar-refractivity contribution < 1.29 is 9.47 Å². The van der Waals surface area contributed by atoms with Gasteiger partial charge in [0, 0.05) is 62.0 Å². The fraction of sp³-hybridized carbons (Fsp3) is 0.607. The van der Waals surface area contributed by atoms with Gasteiger partial charge >= 0.3 is 0 Å². The second kappa shape index (κ2) is 13.2. The number of nitrogens with one attached hydrogen (secondary N) is 2. The van der Waals surface area contributed by atoms with Crippen LogP contribution in [0.5, 0.6) is 0 Å². The first-order chi connectivity index (χ1) is 17.9. The minimum Gasteiger partial charge on any atom is -0.383 e. The van der Waals surface area contributed by atoms with Crippen molar-refractivity contribution in [3.8, 4) is 17.2 Å². The molecule has 200 valence electrons. The Balaban J connectivity index is 1.41. The van der Waals surface area contributed by atoms with Crippen molar-refractivity contribution in [3.05, 3.63) is 40.4 Å². The van der Waals surface area contributed by atoms with E-state index >= 15 is 0 Å².